The van der Waals surface area contributed by atoms with E-state index in [2.05, 4.69) is 4.98 Å². The average Bonchev–Trinajstić information content (AvgIpc) is 2.60. The molecular weight excluding hydrogens is 358 g/mol. The quantitative estimate of drug-likeness (QED) is 0.714. The molecule has 3 aromatic rings. The molecule has 0 aliphatic heterocycles. The van der Waals surface area contributed by atoms with Crippen LogP contribution < -0.4 is 5.56 Å². The molecule has 2 aromatic carbocycles. The van der Waals surface area contributed by atoms with Crippen LogP contribution in [0.2, 0.25) is 5.02 Å². The van der Waals surface area contributed by atoms with Crippen LogP contribution in [-0.2, 0) is 13.6 Å². The second-order valence-corrected chi connectivity index (χ2v) is 6.67. The summed E-state index contributed by atoms with van der Waals surface area (Å²) >= 11 is 11.0. The third-order valence-corrected chi connectivity index (χ3v) is 4.66. The SMILES string of the molecule is CN(Cc1ccc(Cl)cc1)C(=O)c1ccc2c(=O)n(C)c(=S)[nH]c2c1. The number of carbonyl (C=O) groups excluding carboxylic acids is 1. The summed E-state index contributed by atoms with van der Waals surface area (Å²) in [4.78, 5) is 29.5. The summed E-state index contributed by atoms with van der Waals surface area (Å²) < 4.78 is 1.68. The zero-order valence-electron chi connectivity index (χ0n) is 13.7. The first-order chi connectivity index (χ1) is 11.9. The predicted octanol–water partition coefficient (Wildman–Crippen LogP) is 3.52. The number of benzene rings is 2. The van der Waals surface area contributed by atoms with Crippen molar-refractivity contribution in [3.63, 3.8) is 0 Å². The van der Waals surface area contributed by atoms with Crippen molar-refractivity contribution in [1.29, 1.82) is 0 Å². The number of rotatable bonds is 3. The fourth-order valence-electron chi connectivity index (χ4n) is 2.60. The minimum Gasteiger partial charge on any atom is -0.337 e. The van der Waals surface area contributed by atoms with Crippen molar-refractivity contribution in [3.8, 4) is 0 Å². The van der Waals surface area contributed by atoms with Crippen LogP contribution in [0.4, 0.5) is 0 Å². The molecule has 0 bridgehead atoms. The number of aromatic amines is 1. The van der Waals surface area contributed by atoms with Crippen molar-refractivity contribution >= 4 is 40.6 Å². The molecule has 1 N–H and O–H groups in total. The Morgan fingerprint density at radius 2 is 1.92 bits per heavy atom. The molecule has 1 heterocycles. The van der Waals surface area contributed by atoms with E-state index in [4.69, 9.17) is 23.8 Å². The molecule has 0 saturated heterocycles. The van der Waals surface area contributed by atoms with E-state index in [1.807, 2.05) is 12.1 Å². The molecule has 3 rings (SSSR count). The molecule has 5 nitrogen and oxygen atoms in total. The summed E-state index contributed by atoms with van der Waals surface area (Å²) in [5.74, 6) is -0.142. The fraction of sp³-hybridized carbons (Fsp3) is 0.167. The lowest BCUT2D eigenvalue weighted by Crippen LogP contribution is -2.26. The Morgan fingerprint density at radius 3 is 2.60 bits per heavy atom. The Labute approximate surface area is 154 Å². The Balaban J connectivity index is 1.91. The molecule has 1 amide bonds. The fourth-order valence-corrected chi connectivity index (χ4v) is 2.91. The van der Waals surface area contributed by atoms with Gasteiger partial charge in [0.05, 0.1) is 10.9 Å². The molecule has 7 heteroatoms. The van der Waals surface area contributed by atoms with Gasteiger partial charge in [-0.05, 0) is 48.1 Å². The van der Waals surface area contributed by atoms with Gasteiger partial charge in [-0.3, -0.25) is 14.2 Å². The number of fused-ring (bicyclic) bond motifs is 1. The number of H-pyrrole nitrogens is 1. The Bertz CT molecular complexity index is 1070. The number of nitrogens with zero attached hydrogens (tertiary/aromatic N) is 2. The van der Waals surface area contributed by atoms with Gasteiger partial charge in [-0.2, -0.15) is 0 Å². The van der Waals surface area contributed by atoms with Crippen LogP contribution in [0.15, 0.2) is 47.3 Å². The van der Waals surface area contributed by atoms with Gasteiger partial charge in [0.15, 0.2) is 4.77 Å². The zero-order valence-corrected chi connectivity index (χ0v) is 15.3. The molecule has 0 atom stereocenters. The number of carbonyl (C=O) groups is 1. The Hall–Kier alpha value is -2.44. The van der Waals surface area contributed by atoms with Gasteiger partial charge in [-0.25, -0.2) is 0 Å². The van der Waals surface area contributed by atoms with E-state index in [1.54, 1.807) is 49.3 Å². The van der Waals surface area contributed by atoms with Crippen molar-refractivity contribution < 1.29 is 4.79 Å². The number of amides is 1. The second kappa shape index (κ2) is 6.82. The molecule has 0 unspecified atom stereocenters. The second-order valence-electron chi connectivity index (χ2n) is 5.84. The minimum absolute atomic E-state index is 0.142. The summed E-state index contributed by atoms with van der Waals surface area (Å²) in [6.45, 7) is 0.459. The molecule has 25 heavy (non-hydrogen) atoms. The number of nitrogens with one attached hydrogen (secondary N) is 1. The highest BCUT2D eigenvalue weighted by atomic mass is 35.5. The van der Waals surface area contributed by atoms with Crippen LogP contribution in [0.25, 0.3) is 10.9 Å². The van der Waals surface area contributed by atoms with Crippen molar-refractivity contribution in [2.24, 2.45) is 7.05 Å². The zero-order chi connectivity index (χ0) is 18.1. The molecule has 0 fully saturated rings. The molecule has 0 aliphatic carbocycles. The van der Waals surface area contributed by atoms with E-state index in [9.17, 15) is 9.59 Å². The lowest BCUT2D eigenvalue weighted by molar-refractivity contribution is 0.0785. The van der Waals surface area contributed by atoms with Crippen LogP contribution in [0.1, 0.15) is 15.9 Å². The highest BCUT2D eigenvalue weighted by Gasteiger charge is 2.14. The van der Waals surface area contributed by atoms with Gasteiger partial charge < -0.3 is 9.88 Å². The van der Waals surface area contributed by atoms with Crippen LogP contribution in [0.3, 0.4) is 0 Å². The van der Waals surface area contributed by atoms with Crippen molar-refractivity contribution in [1.82, 2.24) is 14.5 Å². The van der Waals surface area contributed by atoms with Crippen molar-refractivity contribution in [2.75, 3.05) is 7.05 Å². The summed E-state index contributed by atoms with van der Waals surface area (Å²) in [6.07, 6.45) is 0. The van der Waals surface area contributed by atoms with Gasteiger partial charge in [-0.1, -0.05) is 23.7 Å². The third-order valence-electron chi connectivity index (χ3n) is 4.03. The van der Waals surface area contributed by atoms with Gasteiger partial charge in [0.25, 0.3) is 11.5 Å². The Morgan fingerprint density at radius 1 is 1.24 bits per heavy atom. The maximum absolute atomic E-state index is 12.7. The number of halogens is 1. The van der Waals surface area contributed by atoms with Crippen molar-refractivity contribution in [3.05, 3.63) is 73.7 Å². The third kappa shape index (κ3) is 3.50. The standard InChI is InChI=1S/C18H16ClN3O2S/c1-21(10-11-3-6-13(19)7-4-11)16(23)12-5-8-14-15(9-12)20-18(25)22(2)17(14)24/h3-9H,10H2,1-2H3,(H,20,25). The molecule has 0 spiro atoms. The van der Waals surface area contributed by atoms with Gasteiger partial charge in [0.2, 0.25) is 0 Å². The maximum Gasteiger partial charge on any atom is 0.261 e. The lowest BCUT2D eigenvalue weighted by Gasteiger charge is -2.17. The van der Waals surface area contributed by atoms with E-state index in [0.29, 0.717) is 32.8 Å². The summed E-state index contributed by atoms with van der Waals surface area (Å²) in [5.41, 5.74) is 1.84. The molecular formula is C18H16ClN3O2S. The molecule has 0 saturated carbocycles. The monoisotopic (exact) mass is 373 g/mol. The first kappa shape index (κ1) is 17.4. The molecule has 0 radical (unpaired) electrons. The Kier molecular flexibility index (Phi) is 4.74. The number of aromatic nitrogens is 2. The molecule has 1 aromatic heterocycles. The lowest BCUT2D eigenvalue weighted by atomic mass is 10.1. The first-order valence-corrected chi connectivity index (χ1v) is 8.38. The predicted molar refractivity (Wildman–Crippen MR) is 102 cm³/mol. The van der Waals surface area contributed by atoms with Gasteiger partial charge >= 0.3 is 0 Å². The smallest absolute Gasteiger partial charge is 0.261 e. The summed E-state index contributed by atoms with van der Waals surface area (Å²) in [7, 11) is 3.34. The normalized spacial score (nSPS) is 10.8. The van der Waals surface area contributed by atoms with E-state index < -0.39 is 0 Å². The molecule has 0 aliphatic rings. The van der Waals surface area contributed by atoms with Crippen LogP contribution in [0.5, 0.6) is 0 Å². The maximum atomic E-state index is 12.7. The van der Waals surface area contributed by atoms with E-state index in [1.165, 1.54) is 4.57 Å². The average molecular weight is 374 g/mol. The van der Waals surface area contributed by atoms with Crippen molar-refractivity contribution in [2.45, 2.75) is 6.54 Å². The minimum atomic E-state index is -0.188. The van der Waals surface area contributed by atoms with E-state index in [-0.39, 0.29) is 11.5 Å². The van der Waals surface area contributed by atoms with E-state index in [0.717, 1.165) is 5.56 Å². The van der Waals surface area contributed by atoms with Gasteiger partial charge in [0, 0.05) is 31.2 Å². The summed E-state index contributed by atoms with van der Waals surface area (Å²) in [6, 6.07) is 12.3. The van der Waals surface area contributed by atoms with Gasteiger partial charge in [-0.15, -0.1) is 0 Å². The van der Waals surface area contributed by atoms with Gasteiger partial charge in [0.1, 0.15) is 0 Å². The summed E-state index contributed by atoms with van der Waals surface area (Å²) in [5, 5.41) is 1.15. The highest BCUT2D eigenvalue weighted by Crippen LogP contribution is 2.15. The highest BCUT2D eigenvalue weighted by molar-refractivity contribution is 7.71. The van der Waals surface area contributed by atoms with Crippen LogP contribution >= 0.6 is 23.8 Å². The van der Waals surface area contributed by atoms with Crippen LogP contribution in [0, 0.1) is 4.77 Å². The largest absolute Gasteiger partial charge is 0.337 e. The van der Waals surface area contributed by atoms with Crippen LogP contribution in [-0.4, -0.2) is 27.4 Å². The topological polar surface area (TPSA) is 58.1 Å². The van der Waals surface area contributed by atoms with E-state index >= 15 is 0 Å². The number of hydrogen-bond acceptors (Lipinski definition) is 3. The first-order valence-electron chi connectivity index (χ1n) is 7.60. The number of hydrogen-bond donors (Lipinski definition) is 1. The molecule has 128 valence electrons.